The van der Waals surface area contributed by atoms with Crippen LogP contribution in [0.4, 0.5) is 0 Å². The van der Waals surface area contributed by atoms with E-state index in [0.29, 0.717) is 11.1 Å². The topological polar surface area (TPSA) is 78.2 Å². The Hall–Kier alpha value is -2.58. The van der Waals surface area contributed by atoms with Crippen LogP contribution in [0.1, 0.15) is 11.1 Å². The minimum atomic E-state index is -3.75. The van der Waals surface area contributed by atoms with Gasteiger partial charge in [0.25, 0.3) is 0 Å². The molecule has 0 bridgehead atoms. The molecule has 0 amide bonds. The van der Waals surface area contributed by atoms with E-state index >= 15 is 0 Å². The van der Waals surface area contributed by atoms with Gasteiger partial charge in [0.2, 0.25) is 0 Å². The molecule has 0 aliphatic rings. The van der Waals surface area contributed by atoms with E-state index in [2.05, 4.69) is 0 Å². The maximum Gasteiger partial charge on any atom is 0.192 e. The summed E-state index contributed by atoms with van der Waals surface area (Å²) in [5, 5.41) is 18.8. The van der Waals surface area contributed by atoms with Crippen molar-refractivity contribution in [3.05, 3.63) is 70.6 Å². The van der Waals surface area contributed by atoms with Crippen LogP contribution >= 0.6 is 0 Å². The average Bonchev–Trinajstić information content (AvgIpc) is 2.46. The van der Waals surface area contributed by atoms with Crippen LogP contribution in [0, 0.1) is 11.3 Å². The van der Waals surface area contributed by atoms with E-state index in [1.54, 1.807) is 54.6 Å². The van der Waals surface area contributed by atoms with Gasteiger partial charge in [-0.3, -0.25) is 0 Å². The Labute approximate surface area is 123 Å². The predicted octanol–water partition coefficient (Wildman–Crippen LogP) is 2.87. The number of aromatic hydroxyl groups is 1. The lowest BCUT2D eigenvalue weighted by Crippen LogP contribution is -2.06. The zero-order valence-corrected chi connectivity index (χ0v) is 11.9. The number of phenols is 1. The molecule has 0 aliphatic heterocycles. The summed E-state index contributed by atoms with van der Waals surface area (Å²) < 4.78 is 24.5. The Bertz CT molecular complexity index is 803. The highest BCUT2D eigenvalue weighted by molar-refractivity contribution is 7.95. The largest absolute Gasteiger partial charge is 0.507 e. The lowest BCUT2D eigenvalue weighted by molar-refractivity contribution is 0.474. The van der Waals surface area contributed by atoms with Gasteiger partial charge in [0.15, 0.2) is 9.84 Å². The maximum absolute atomic E-state index is 12.3. The molecule has 2 rings (SSSR count). The van der Waals surface area contributed by atoms with Crippen molar-refractivity contribution in [3.63, 3.8) is 0 Å². The van der Waals surface area contributed by atoms with E-state index in [4.69, 9.17) is 5.26 Å². The van der Waals surface area contributed by atoms with E-state index in [1.807, 2.05) is 0 Å². The number of nitriles is 1. The van der Waals surface area contributed by atoms with Crippen molar-refractivity contribution in [2.24, 2.45) is 0 Å². The summed E-state index contributed by atoms with van der Waals surface area (Å²) in [5.41, 5.74) is 0.904. The summed E-state index contributed by atoms with van der Waals surface area (Å²) in [6.07, 6.45) is 1.19. The first-order chi connectivity index (χ1) is 10.0. The fraction of sp³-hybridized carbons (Fsp3) is 0.0625. The average molecular weight is 299 g/mol. The molecular weight excluding hydrogens is 286 g/mol. The summed E-state index contributed by atoms with van der Waals surface area (Å²) in [4.78, 5) is -0.368. The van der Waals surface area contributed by atoms with Crippen molar-refractivity contribution in [2.75, 3.05) is 0 Å². The third-order valence-electron chi connectivity index (χ3n) is 2.87. The number of nitrogens with zero attached hydrogens (tertiary/aromatic N) is 1. The lowest BCUT2D eigenvalue weighted by atomic mass is 10.2. The molecule has 0 aliphatic carbocycles. The van der Waals surface area contributed by atoms with Gasteiger partial charge in [-0.05, 0) is 17.7 Å². The van der Waals surface area contributed by atoms with E-state index < -0.39 is 9.84 Å². The number of rotatable bonds is 4. The molecule has 0 saturated heterocycles. The SMILES string of the molecule is N#CC(=Cc1ccccc1O)S(=O)(=O)Cc1ccccc1. The third kappa shape index (κ3) is 3.71. The molecule has 0 fully saturated rings. The normalized spacial score (nSPS) is 11.9. The van der Waals surface area contributed by atoms with Crippen LogP contribution in [0.3, 0.4) is 0 Å². The van der Waals surface area contributed by atoms with Crippen molar-refractivity contribution in [1.29, 1.82) is 5.26 Å². The van der Waals surface area contributed by atoms with Crippen molar-refractivity contribution in [2.45, 2.75) is 5.75 Å². The second kappa shape index (κ2) is 6.25. The third-order valence-corrected chi connectivity index (χ3v) is 4.46. The molecule has 2 aromatic rings. The minimum Gasteiger partial charge on any atom is -0.507 e. The van der Waals surface area contributed by atoms with E-state index in [1.165, 1.54) is 12.1 Å². The predicted molar refractivity (Wildman–Crippen MR) is 80.8 cm³/mol. The van der Waals surface area contributed by atoms with Gasteiger partial charge in [-0.1, -0.05) is 48.5 Å². The molecule has 0 unspecified atom stereocenters. The quantitative estimate of drug-likeness (QED) is 0.880. The van der Waals surface area contributed by atoms with Crippen LogP contribution in [0.5, 0.6) is 5.75 Å². The molecule has 0 aromatic heterocycles. The van der Waals surface area contributed by atoms with E-state index in [9.17, 15) is 13.5 Å². The number of hydrogen-bond donors (Lipinski definition) is 1. The van der Waals surface area contributed by atoms with Crippen LogP contribution in [0.2, 0.25) is 0 Å². The fourth-order valence-corrected chi connectivity index (χ4v) is 3.05. The van der Waals surface area contributed by atoms with Crippen molar-refractivity contribution < 1.29 is 13.5 Å². The van der Waals surface area contributed by atoms with Gasteiger partial charge < -0.3 is 5.11 Å². The van der Waals surface area contributed by atoms with Gasteiger partial charge >= 0.3 is 0 Å². The molecule has 1 N–H and O–H groups in total. The molecule has 2 aromatic carbocycles. The highest BCUT2D eigenvalue weighted by Gasteiger charge is 2.19. The molecule has 0 spiro atoms. The first kappa shape index (κ1) is 14.8. The lowest BCUT2D eigenvalue weighted by Gasteiger charge is -2.04. The number of phenolic OH excluding ortho intramolecular Hbond substituents is 1. The minimum absolute atomic E-state index is 0.0693. The van der Waals surface area contributed by atoms with Gasteiger partial charge in [-0.15, -0.1) is 0 Å². The Morgan fingerprint density at radius 2 is 1.71 bits per heavy atom. The summed E-state index contributed by atoms with van der Waals surface area (Å²) in [6, 6.07) is 16.6. The fourth-order valence-electron chi connectivity index (χ4n) is 1.81. The summed E-state index contributed by atoms with van der Waals surface area (Å²) in [6.45, 7) is 0. The molecule has 0 heterocycles. The van der Waals surface area contributed by atoms with Crippen LogP contribution < -0.4 is 0 Å². The number of para-hydroxylation sites is 1. The highest BCUT2D eigenvalue weighted by atomic mass is 32.2. The Kier molecular flexibility index (Phi) is 4.41. The van der Waals surface area contributed by atoms with Crippen molar-refractivity contribution in [1.82, 2.24) is 0 Å². The van der Waals surface area contributed by atoms with Gasteiger partial charge in [0.05, 0.1) is 5.75 Å². The Balaban J connectivity index is 2.37. The van der Waals surface area contributed by atoms with Gasteiger partial charge in [0, 0.05) is 5.56 Å². The number of hydrogen-bond acceptors (Lipinski definition) is 4. The molecular formula is C16H13NO3S. The summed E-state index contributed by atoms with van der Waals surface area (Å²) >= 11 is 0. The standard InChI is InChI=1S/C16H13NO3S/c17-11-15(10-14-8-4-5-9-16(14)18)21(19,20)12-13-6-2-1-3-7-13/h1-10,18H,12H2. The summed E-state index contributed by atoms with van der Waals surface area (Å²) in [7, 11) is -3.75. The molecule has 5 heteroatoms. The van der Waals surface area contributed by atoms with Crippen LogP contribution in [0.15, 0.2) is 59.5 Å². The molecule has 0 saturated carbocycles. The monoisotopic (exact) mass is 299 g/mol. The smallest absolute Gasteiger partial charge is 0.192 e. The van der Waals surface area contributed by atoms with Crippen molar-refractivity contribution in [3.8, 4) is 11.8 Å². The Morgan fingerprint density at radius 3 is 2.33 bits per heavy atom. The van der Waals surface area contributed by atoms with Crippen molar-refractivity contribution >= 4 is 15.9 Å². The van der Waals surface area contributed by atoms with E-state index in [-0.39, 0.29) is 16.4 Å². The molecule has 21 heavy (non-hydrogen) atoms. The number of sulfone groups is 1. The highest BCUT2D eigenvalue weighted by Crippen LogP contribution is 2.22. The second-order valence-corrected chi connectivity index (χ2v) is 6.38. The van der Waals surface area contributed by atoms with Crippen LogP contribution in [-0.2, 0) is 15.6 Å². The first-order valence-electron chi connectivity index (χ1n) is 6.19. The van der Waals surface area contributed by atoms with Crippen LogP contribution in [0.25, 0.3) is 6.08 Å². The zero-order valence-electron chi connectivity index (χ0n) is 11.1. The first-order valence-corrected chi connectivity index (χ1v) is 7.84. The van der Waals surface area contributed by atoms with Crippen LogP contribution in [-0.4, -0.2) is 13.5 Å². The molecule has 0 radical (unpaired) electrons. The van der Waals surface area contributed by atoms with E-state index in [0.717, 1.165) is 0 Å². The second-order valence-electron chi connectivity index (χ2n) is 4.42. The zero-order chi connectivity index (χ0) is 15.3. The van der Waals surface area contributed by atoms with Gasteiger partial charge in [-0.25, -0.2) is 8.42 Å². The van der Waals surface area contributed by atoms with Gasteiger partial charge in [-0.2, -0.15) is 5.26 Å². The number of allylic oxidation sites excluding steroid dienone is 1. The molecule has 4 nitrogen and oxygen atoms in total. The maximum atomic E-state index is 12.3. The summed E-state index contributed by atoms with van der Waals surface area (Å²) in [5.74, 6) is -0.318. The molecule has 0 atom stereocenters. The molecule has 106 valence electrons. The van der Waals surface area contributed by atoms with Gasteiger partial charge in [0.1, 0.15) is 16.7 Å². The number of benzene rings is 2. The Morgan fingerprint density at radius 1 is 1.10 bits per heavy atom.